The predicted molar refractivity (Wildman–Crippen MR) is 115 cm³/mol. The first-order valence-electron chi connectivity index (χ1n) is 11.6. The summed E-state index contributed by atoms with van der Waals surface area (Å²) in [5.74, 6) is 3.81. The third kappa shape index (κ3) is 3.91. The number of piperidine rings is 1. The Hall–Kier alpha value is -1.95. The van der Waals surface area contributed by atoms with Crippen molar-refractivity contribution in [1.29, 1.82) is 0 Å². The number of anilines is 1. The maximum atomic E-state index is 5.23. The summed E-state index contributed by atoms with van der Waals surface area (Å²) in [6.07, 6.45) is 14.6. The summed E-state index contributed by atoms with van der Waals surface area (Å²) in [4.78, 5) is 20.5. The van der Waals surface area contributed by atoms with Gasteiger partial charge in [-0.25, -0.2) is 15.0 Å². The van der Waals surface area contributed by atoms with Crippen molar-refractivity contribution in [1.82, 2.24) is 24.8 Å². The number of unbranched alkanes of at least 4 members (excludes halogenated alkanes) is 1. The molecule has 1 unspecified atom stereocenters. The Morgan fingerprint density at radius 1 is 1.28 bits per heavy atom. The lowest BCUT2D eigenvalue weighted by Gasteiger charge is -2.40. The minimum atomic E-state index is 0.255. The highest BCUT2D eigenvalue weighted by molar-refractivity contribution is 5.53. The van der Waals surface area contributed by atoms with E-state index < -0.39 is 0 Å². The Morgan fingerprint density at radius 3 is 3.00 bits per heavy atom. The fourth-order valence-corrected chi connectivity index (χ4v) is 5.26. The van der Waals surface area contributed by atoms with Crippen LogP contribution < -0.4 is 5.32 Å². The van der Waals surface area contributed by atoms with Gasteiger partial charge in [0.1, 0.15) is 17.5 Å². The zero-order valence-electron chi connectivity index (χ0n) is 17.7. The van der Waals surface area contributed by atoms with Crippen LogP contribution in [-0.4, -0.2) is 51.0 Å². The number of nitrogens with zero attached hydrogens (tertiary/aromatic N) is 4. The molecule has 2 N–H and O–H groups in total. The van der Waals surface area contributed by atoms with Gasteiger partial charge in [0.25, 0.3) is 0 Å². The molecule has 2 aromatic heterocycles. The van der Waals surface area contributed by atoms with Gasteiger partial charge in [-0.1, -0.05) is 13.3 Å². The van der Waals surface area contributed by atoms with Gasteiger partial charge in [-0.2, -0.15) is 0 Å². The molecule has 2 fully saturated rings. The number of nitrogens with one attached hydrogen (secondary N) is 2. The van der Waals surface area contributed by atoms with E-state index in [1.54, 1.807) is 0 Å². The van der Waals surface area contributed by atoms with Crippen LogP contribution in [-0.2, 0) is 18.3 Å². The van der Waals surface area contributed by atoms with Gasteiger partial charge in [-0.3, -0.25) is 0 Å². The second-order valence-electron chi connectivity index (χ2n) is 9.26. The number of hydrogen-bond donors (Lipinski definition) is 2. The van der Waals surface area contributed by atoms with Crippen LogP contribution >= 0.6 is 0 Å². The molecule has 156 valence electrons. The maximum Gasteiger partial charge on any atom is 0.134 e. The van der Waals surface area contributed by atoms with E-state index in [0.29, 0.717) is 5.92 Å². The summed E-state index contributed by atoms with van der Waals surface area (Å²) in [6, 6.07) is 0. The molecule has 3 aliphatic rings. The van der Waals surface area contributed by atoms with E-state index in [-0.39, 0.29) is 5.41 Å². The first-order chi connectivity index (χ1) is 14.3. The molecule has 5 rings (SSSR count). The molecule has 0 bridgehead atoms. The molecule has 1 atom stereocenters. The largest absolute Gasteiger partial charge is 0.369 e. The van der Waals surface area contributed by atoms with Gasteiger partial charge in [0.05, 0.1) is 5.69 Å². The molecule has 1 saturated heterocycles. The average Bonchev–Trinajstić information content (AvgIpc) is 3.37. The zero-order valence-corrected chi connectivity index (χ0v) is 17.7. The maximum absolute atomic E-state index is 5.23. The Kier molecular flexibility index (Phi) is 5.29. The Morgan fingerprint density at radius 2 is 2.21 bits per heavy atom. The van der Waals surface area contributed by atoms with Crippen molar-refractivity contribution in [3.63, 3.8) is 0 Å². The van der Waals surface area contributed by atoms with Crippen LogP contribution in [0.3, 0.4) is 0 Å². The Balaban J connectivity index is 1.39. The highest BCUT2D eigenvalue weighted by Crippen LogP contribution is 2.48. The van der Waals surface area contributed by atoms with Gasteiger partial charge in [-0.15, -0.1) is 0 Å². The third-order valence-electron chi connectivity index (χ3n) is 7.02. The van der Waals surface area contributed by atoms with E-state index in [1.165, 1.54) is 75.8 Å². The molecule has 2 aliphatic carbocycles. The molecule has 0 aromatic carbocycles. The number of hydrogen-bond acceptors (Lipinski definition) is 5. The molecule has 6 heteroatoms. The van der Waals surface area contributed by atoms with Crippen LogP contribution in [0.15, 0.2) is 12.4 Å². The van der Waals surface area contributed by atoms with Crippen LogP contribution in [0.25, 0.3) is 0 Å². The van der Waals surface area contributed by atoms with Crippen LogP contribution in [0.5, 0.6) is 0 Å². The van der Waals surface area contributed by atoms with Crippen LogP contribution in [0.1, 0.15) is 80.7 Å². The molecule has 2 aromatic rings. The van der Waals surface area contributed by atoms with E-state index >= 15 is 0 Å². The molecule has 1 saturated carbocycles. The standard InChI is InChI=1S/C23H34N6/c1-2-3-14-29-15-4-9-23(16-29)10-7-18-20(23)27-21(17-5-6-17)28-22(18)26-11-8-19-24-12-13-25-19/h12-13,17H,2-11,14-16H2,1H3,(H,24,25)(H,26,27,28). The average molecular weight is 395 g/mol. The zero-order chi connectivity index (χ0) is 19.7. The summed E-state index contributed by atoms with van der Waals surface area (Å²) in [6.45, 7) is 6.83. The van der Waals surface area contributed by atoms with E-state index in [2.05, 4.69) is 27.1 Å². The van der Waals surface area contributed by atoms with Crippen LogP contribution in [0, 0.1) is 0 Å². The SMILES string of the molecule is CCCCN1CCCC2(CCc3c(NCCc4ncc[nH]4)nc(C4CC4)nc32)C1. The molecule has 6 nitrogen and oxygen atoms in total. The number of rotatable bonds is 8. The molecule has 1 spiro atoms. The van der Waals surface area contributed by atoms with Gasteiger partial charge in [0.2, 0.25) is 0 Å². The number of likely N-dealkylation sites (tertiary alicyclic amines) is 1. The fraction of sp³-hybridized carbons (Fsp3) is 0.696. The summed E-state index contributed by atoms with van der Waals surface area (Å²) >= 11 is 0. The smallest absolute Gasteiger partial charge is 0.134 e. The van der Waals surface area contributed by atoms with Crippen molar-refractivity contribution in [2.24, 2.45) is 0 Å². The topological polar surface area (TPSA) is 69.7 Å². The molecule has 0 radical (unpaired) electrons. The Bertz CT molecular complexity index is 828. The van der Waals surface area contributed by atoms with E-state index in [0.717, 1.165) is 36.9 Å². The summed E-state index contributed by atoms with van der Waals surface area (Å²) < 4.78 is 0. The fourth-order valence-electron chi connectivity index (χ4n) is 5.26. The molecule has 29 heavy (non-hydrogen) atoms. The molecular weight excluding hydrogens is 360 g/mol. The van der Waals surface area contributed by atoms with Crippen molar-refractivity contribution >= 4 is 5.82 Å². The lowest BCUT2D eigenvalue weighted by atomic mass is 9.77. The van der Waals surface area contributed by atoms with E-state index in [4.69, 9.17) is 9.97 Å². The third-order valence-corrected chi connectivity index (χ3v) is 7.02. The Labute approximate surface area is 173 Å². The minimum Gasteiger partial charge on any atom is -0.369 e. The lowest BCUT2D eigenvalue weighted by Crippen LogP contribution is -2.45. The summed E-state index contributed by atoms with van der Waals surface area (Å²) in [5, 5.41) is 3.65. The van der Waals surface area contributed by atoms with Gasteiger partial charge >= 0.3 is 0 Å². The van der Waals surface area contributed by atoms with Crippen LogP contribution in [0.4, 0.5) is 5.82 Å². The van der Waals surface area contributed by atoms with Gasteiger partial charge in [0, 0.05) is 48.8 Å². The number of imidazole rings is 1. The van der Waals surface area contributed by atoms with Crippen molar-refractivity contribution in [2.45, 2.75) is 76.0 Å². The van der Waals surface area contributed by atoms with Crippen molar-refractivity contribution in [3.8, 4) is 0 Å². The second-order valence-corrected chi connectivity index (χ2v) is 9.26. The first-order valence-corrected chi connectivity index (χ1v) is 11.6. The molecule has 1 aliphatic heterocycles. The second kappa shape index (κ2) is 8.05. The van der Waals surface area contributed by atoms with Crippen LogP contribution in [0.2, 0.25) is 0 Å². The van der Waals surface area contributed by atoms with E-state index in [1.807, 2.05) is 12.4 Å². The highest BCUT2D eigenvalue weighted by Gasteiger charge is 2.45. The van der Waals surface area contributed by atoms with Gasteiger partial charge < -0.3 is 15.2 Å². The molecule has 0 amide bonds. The number of H-pyrrole nitrogens is 1. The molecule has 3 heterocycles. The number of aromatic nitrogens is 4. The van der Waals surface area contributed by atoms with E-state index in [9.17, 15) is 0 Å². The first kappa shape index (κ1) is 19.0. The predicted octanol–water partition coefficient (Wildman–Crippen LogP) is 3.81. The molecular formula is C23H34N6. The quantitative estimate of drug-likeness (QED) is 0.712. The van der Waals surface area contributed by atoms with Gasteiger partial charge in [0.15, 0.2) is 0 Å². The summed E-state index contributed by atoms with van der Waals surface area (Å²) in [5.41, 5.74) is 3.04. The number of aromatic amines is 1. The van der Waals surface area contributed by atoms with Crippen molar-refractivity contribution < 1.29 is 0 Å². The number of fused-ring (bicyclic) bond motifs is 2. The normalized spacial score (nSPS) is 24.2. The van der Waals surface area contributed by atoms with Gasteiger partial charge in [-0.05, 0) is 58.0 Å². The van der Waals surface area contributed by atoms with Crippen molar-refractivity contribution in [3.05, 3.63) is 35.3 Å². The summed E-state index contributed by atoms with van der Waals surface area (Å²) in [7, 11) is 0. The minimum absolute atomic E-state index is 0.255. The highest BCUT2D eigenvalue weighted by atomic mass is 15.1. The monoisotopic (exact) mass is 394 g/mol. The van der Waals surface area contributed by atoms with Crippen molar-refractivity contribution in [2.75, 3.05) is 31.5 Å². The lowest BCUT2D eigenvalue weighted by molar-refractivity contribution is 0.141.